The highest BCUT2D eigenvalue weighted by Gasteiger charge is 2.47. The molecule has 6 nitrogen and oxygen atoms in total. The molecule has 1 N–H and O–H groups in total. The third kappa shape index (κ3) is 3.13. The molecule has 126 valence electrons. The van der Waals surface area contributed by atoms with Gasteiger partial charge in [-0.2, -0.15) is 0 Å². The zero-order valence-electron chi connectivity index (χ0n) is 14.0. The van der Waals surface area contributed by atoms with Crippen molar-refractivity contribution >= 4 is 11.8 Å². The van der Waals surface area contributed by atoms with Crippen LogP contribution in [0.3, 0.4) is 0 Å². The molecule has 2 aliphatic heterocycles. The Morgan fingerprint density at radius 2 is 2.04 bits per heavy atom. The first-order chi connectivity index (χ1) is 11.0. The second kappa shape index (κ2) is 6.35. The Hall–Kier alpha value is -1.82. The summed E-state index contributed by atoms with van der Waals surface area (Å²) in [7, 11) is 4.07. The van der Waals surface area contributed by atoms with E-state index < -0.39 is 0 Å². The molecule has 0 atom stereocenters. The number of aromatic nitrogens is 1. The van der Waals surface area contributed by atoms with Crippen molar-refractivity contribution in [2.24, 2.45) is 0 Å². The van der Waals surface area contributed by atoms with Crippen LogP contribution in [0.4, 0.5) is 0 Å². The number of likely N-dealkylation sites (N-methyl/N-ethyl adjacent to an activating group) is 1. The largest absolute Gasteiger partial charge is 0.367 e. The predicted octanol–water partition coefficient (Wildman–Crippen LogP) is 1.17. The van der Waals surface area contributed by atoms with Gasteiger partial charge < -0.3 is 19.7 Å². The standard InChI is InChI=1S/C17H26N4O2/c1-19(2)11-12-21-15(22)3-5-17(21)6-9-20(10-7-17)16(23)14-4-8-18-13-14/h4,8,13,18H,3,5-7,9-12H2,1-2H3. The van der Waals surface area contributed by atoms with Gasteiger partial charge in [-0.3, -0.25) is 9.59 Å². The third-order valence-corrected chi connectivity index (χ3v) is 5.27. The van der Waals surface area contributed by atoms with E-state index in [1.54, 1.807) is 12.4 Å². The Labute approximate surface area is 137 Å². The van der Waals surface area contributed by atoms with E-state index >= 15 is 0 Å². The predicted molar refractivity (Wildman–Crippen MR) is 88.2 cm³/mol. The van der Waals surface area contributed by atoms with Crippen LogP contribution in [0.2, 0.25) is 0 Å². The number of amides is 2. The average Bonchev–Trinajstić information content (AvgIpc) is 3.16. The molecule has 2 aliphatic rings. The highest BCUT2D eigenvalue weighted by molar-refractivity contribution is 5.94. The van der Waals surface area contributed by atoms with Gasteiger partial charge in [0.1, 0.15) is 0 Å². The van der Waals surface area contributed by atoms with Gasteiger partial charge >= 0.3 is 0 Å². The number of H-pyrrole nitrogens is 1. The summed E-state index contributed by atoms with van der Waals surface area (Å²) in [4.78, 5) is 33.8. The molecule has 0 unspecified atom stereocenters. The van der Waals surface area contributed by atoms with Crippen molar-refractivity contribution in [3.05, 3.63) is 24.0 Å². The molecule has 0 radical (unpaired) electrons. The summed E-state index contributed by atoms with van der Waals surface area (Å²) in [6.07, 6.45) is 6.89. The monoisotopic (exact) mass is 318 g/mol. The van der Waals surface area contributed by atoms with Crippen LogP contribution in [0, 0.1) is 0 Å². The summed E-state index contributed by atoms with van der Waals surface area (Å²) < 4.78 is 0. The van der Waals surface area contributed by atoms with E-state index in [1.165, 1.54) is 0 Å². The number of rotatable bonds is 4. The fourth-order valence-electron chi connectivity index (χ4n) is 3.82. The van der Waals surface area contributed by atoms with E-state index in [-0.39, 0.29) is 17.4 Å². The molecule has 3 rings (SSSR count). The van der Waals surface area contributed by atoms with E-state index in [2.05, 4.69) is 14.8 Å². The molecule has 0 aliphatic carbocycles. The molecular weight excluding hydrogens is 292 g/mol. The van der Waals surface area contributed by atoms with Crippen molar-refractivity contribution in [1.82, 2.24) is 19.7 Å². The molecule has 6 heteroatoms. The highest BCUT2D eigenvalue weighted by Crippen LogP contribution is 2.39. The first-order valence-corrected chi connectivity index (χ1v) is 8.39. The second-order valence-corrected chi connectivity index (χ2v) is 6.96. The number of likely N-dealkylation sites (tertiary alicyclic amines) is 2. The topological polar surface area (TPSA) is 59.6 Å². The van der Waals surface area contributed by atoms with E-state index in [0.717, 1.165) is 45.4 Å². The summed E-state index contributed by atoms with van der Waals surface area (Å²) in [5.74, 6) is 0.363. The molecule has 1 aromatic rings. The lowest BCUT2D eigenvalue weighted by Gasteiger charge is -2.45. The number of aromatic amines is 1. The van der Waals surface area contributed by atoms with Crippen LogP contribution >= 0.6 is 0 Å². The smallest absolute Gasteiger partial charge is 0.255 e. The zero-order valence-corrected chi connectivity index (χ0v) is 14.0. The van der Waals surface area contributed by atoms with Gasteiger partial charge in [-0.25, -0.2) is 0 Å². The summed E-state index contributed by atoms with van der Waals surface area (Å²) in [6.45, 7) is 3.14. The van der Waals surface area contributed by atoms with Crippen LogP contribution in [0.5, 0.6) is 0 Å². The molecule has 0 aromatic carbocycles. The Morgan fingerprint density at radius 3 is 2.65 bits per heavy atom. The third-order valence-electron chi connectivity index (χ3n) is 5.27. The maximum atomic E-state index is 12.4. The van der Waals surface area contributed by atoms with Gasteiger partial charge in [-0.15, -0.1) is 0 Å². The fraction of sp³-hybridized carbons (Fsp3) is 0.647. The SMILES string of the molecule is CN(C)CCN1C(=O)CCC12CCN(C(=O)c1cc[nH]c1)CC2. The van der Waals surface area contributed by atoms with Crippen LogP contribution in [-0.4, -0.2) is 77.3 Å². The van der Waals surface area contributed by atoms with Crippen LogP contribution < -0.4 is 0 Å². The number of nitrogens with zero attached hydrogens (tertiary/aromatic N) is 3. The van der Waals surface area contributed by atoms with Gasteiger partial charge in [0.2, 0.25) is 5.91 Å². The normalized spacial score (nSPS) is 20.7. The first-order valence-electron chi connectivity index (χ1n) is 8.39. The maximum absolute atomic E-state index is 12.4. The summed E-state index contributed by atoms with van der Waals surface area (Å²) in [6, 6.07) is 1.81. The van der Waals surface area contributed by atoms with Gasteiger partial charge in [-0.05, 0) is 39.4 Å². The second-order valence-electron chi connectivity index (χ2n) is 6.96. The van der Waals surface area contributed by atoms with Crippen LogP contribution in [0.15, 0.2) is 18.5 Å². The Morgan fingerprint density at radius 1 is 1.30 bits per heavy atom. The number of nitrogens with one attached hydrogen (secondary N) is 1. The molecule has 1 aromatic heterocycles. The lowest BCUT2D eigenvalue weighted by Crippen LogP contribution is -2.55. The van der Waals surface area contributed by atoms with Crippen LogP contribution in [-0.2, 0) is 4.79 Å². The van der Waals surface area contributed by atoms with E-state index in [9.17, 15) is 9.59 Å². The Kier molecular flexibility index (Phi) is 4.43. The fourth-order valence-corrected chi connectivity index (χ4v) is 3.82. The van der Waals surface area contributed by atoms with Crippen molar-refractivity contribution in [3.63, 3.8) is 0 Å². The van der Waals surface area contributed by atoms with Gasteiger partial charge in [0, 0.05) is 50.5 Å². The van der Waals surface area contributed by atoms with Gasteiger partial charge in [0.25, 0.3) is 5.91 Å². The van der Waals surface area contributed by atoms with Crippen molar-refractivity contribution in [3.8, 4) is 0 Å². The quantitative estimate of drug-likeness (QED) is 0.907. The van der Waals surface area contributed by atoms with E-state index in [0.29, 0.717) is 12.0 Å². The minimum atomic E-state index is -0.0258. The lowest BCUT2D eigenvalue weighted by atomic mass is 9.84. The minimum Gasteiger partial charge on any atom is -0.367 e. The molecular formula is C17H26N4O2. The summed E-state index contributed by atoms with van der Waals surface area (Å²) in [5.41, 5.74) is 0.690. The maximum Gasteiger partial charge on any atom is 0.255 e. The van der Waals surface area contributed by atoms with Crippen molar-refractivity contribution in [2.75, 3.05) is 40.3 Å². The highest BCUT2D eigenvalue weighted by atomic mass is 16.2. The number of piperidine rings is 1. The van der Waals surface area contributed by atoms with Gasteiger partial charge in [-0.1, -0.05) is 0 Å². The van der Waals surface area contributed by atoms with Crippen molar-refractivity contribution < 1.29 is 9.59 Å². The van der Waals surface area contributed by atoms with Gasteiger partial charge in [0.15, 0.2) is 0 Å². The number of hydrogen-bond acceptors (Lipinski definition) is 3. The average molecular weight is 318 g/mol. The summed E-state index contributed by atoms with van der Waals surface area (Å²) >= 11 is 0. The molecule has 0 saturated carbocycles. The zero-order chi connectivity index (χ0) is 16.4. The van der Waals surface area contributed by atoms with Crippen molar-refractivity contribution in [1.29, 1.82) is 0 Å². The number of carbonyl (C=O) groups excluding carboxylic acids is 2. The molecule has 2 amide bonds. The molecule has 23 heavy (non-hydrogen) atoms. The molecule has 0 bridgehead atoms. The molecule has 1 spiro atoms. The number of hydrogen-bond donors (Lipinski definition) is 1. The molecule has 2 fully saturated rings. The van der Waals surface area contributed by atoms with Crippen LogP contribution in [0.1, 0.15) is 36.0 Å². The Balaban J connectivity index is 1.64. The number of carbonyl (C=O) groups is 2. The summed E-state index contributed by atoms with van der Waals surface area (Å²) in [5, 5.41) is 0. The van der Waals surface area contributed by atoms with Crippen LogP contribution in [0.25, 0.3) is 0 Å². The molecule has 3 heterocycles. The van der Waals surface area contributed by atoms with E-state index in [4.69, 9.17) is 0 Å². The Bertz CT molecular complexity index is 559. The van der Waals surface area contributed by atoms with Crippen molar-refractivity contribution in [2.45, 2.75) is 31.2 Å². The minimum absolute atomic E-state index is 0.0258. The molecule has 2 saturated heterocycles. The van der Waals surface area contributed by atoms with E-state index in [1.807, 2.05) is 25.1 Å². The first kappa shape index (κ1) is 16.1. The lowest BCUT2D eigenvalue weighted by molar-refractivity contribution is -0.132. The van der Waals surface area contributed by atoms with Gasteiger partial charge in [0.05, 0.1) is 5.56 Å².